The molecule has 6 nitrogen and oxygen atoms in total. The van der Waals surface area contributed by atoms with Crippen LogP contribution in [0.1, 0.15) is 29.7 Å². The molecule has 2 heterocycles. The summed E-state index contributed by atoms with van der Waals surface area (Å²) >= 11 is 1.56. The summed E-state index contributed by atoms with van der Waals surface area (Å²) in [6.45, 7) is 0.920. The van der Waals surface area contributed by atoms with Crippen molar-refractivity contribution < 1.29 is 17.5 Å². The van der Waals surface area contributed by atoms with Gasteiger partial charge in [0.05, 0.1) is 17.2 Å². The van der Waals surface area contributed by atoms with Crippen LogP contribution >= 0.6 is 11.3 Å². The van der Waals surface area contributed by atoms with Gasteiger partial charge in [-0.1, -0.05) is 6.07 Å². The molecule has 0 radical (unpaired) electrons. The third-order valence-electron chi connectivity index (χ3n) is 6.27. The summed E-state index contributed by atoms with van der Waals surface area (Å²) in [4.78, 5) is 6.17. The molecule has 3 aromatic rings. The molecule has 2 aromatic carbocycles. The average molecular weight is 488 g/mol. The minimum absolute atomic E-state index is 0.115. The minimum Gasteiger partial charge on any atom is -0.383 e. The van der Waals surface area contributed by atoms with E-state index in [9.17, 15) is 12.8 Å². The van der Waals surface area contributed by atoms with E-state index in [1.54, 1.807) is 53.1 Å². The molecule has 1 aliphatic heterocycles. The van der Waals surface area contributed by atoms with Crippen molar-refractivity contribution >= 4 is 32.2 Å². The number of nitrogens with one attached hydrogen (secondary N) is 1. The number of hydrogen-bond acceptors (Lipinski definition) is 6. The molecular weight excluding hydrogens is 461 g/mol. The lowest BCUT2D eigenvalue weighted by molar-refractivity contribution is 0.149. The van der Waals surface area contributed by atoms with Gasteiger partial charge in [0, 0.05) is 35.8 Å². The highest BCUT2D eigenvalue weighted by molar-refractivity contribution is 7.89. The number of aryl methyl sites for hydroxylation is 2. The normalized spacial score (nSPS) is 18.5. The molecule has 0 amide bonds. The van der Waals surface area contributed by atoms with E-state index >= 15 is 0 Å². The number of fused-ring (bicyclic) bond motifs is 3. The fourth-order valence-corrected chi connectivity index (χ4v) is 7.38. The first-order chi connectivity index (χ1) is 16.0. The quantitative estimate of drug-likeness (QED) is 0.531. The van der Waals surface area contributed by atoms with Gasteiger partial charge in [0.15, 0.2) is 5.13 Å². The molecule has 1 fully saturated rings. The van der Waals surface area contributed by atoms with Gasteiger partial charge < -0.3 is 10.1 Å². The number of ether oxygens (including phenoxy) is 1. The lowest BCUT2D eigenvalue weighted by atomic mass is 10.0. The van der Waals surface area contributed by atoms with Crippen LogP contribution in [0.25, 0.3) is 11.3 Å². The van der Waals surface area contributed by atoms with E-state index in [0.29, 0.717) is 18.3 Å². The zero-order valence-electron chi connectivity index (χ0n) is 18.4. The predicted molar refractivity (Wildman–Crippen MR) is 128 cm³/mol. The van der Waals surface area contributed by atoms with Crippen LogP contribution in [0, 0.1) is 5.82 Å². The Hall–Kier alpha value is -2.33. The van der Waals surface area contributed by atoms with Crippen molar-refractivity contribution in [3.05, 3.63) is 58.7 Å². The Balaban J connectivity index is 1.36. The number of nitrogens with zero attached hydrogens (tertiary/aromatic N) is 2. The molecule has 1 aromatic heterocycles. The van der Waals surface area contributed by atoms with Gasteiger partial charge in [-0.3, -0.25) is 0 Å². The van der Waals surface area contributed by atoms with Crippen LogP contribution in [0.4, 0.5) is 15.2 Å². The molecule has 33 heavy (non-hydrogen) atoms. The van der Waals surface area contributed by atoms with Crippen molar-refractivity contribution in [3.8, 4) is 11.3 Å². The second-order valence-electron chi connectivity index (χ2n) is 8.46. The van der Waals surface area contributed by atoms with E-state index in [2.05, 4.69) is 5.32 Å². The Morgan fingerprint density at radius 1 is 1.18 bits per heavy atom. The van der Waals surface area contributed by atoms with Gasteiger partial charge >= 0.3 is 0 Å². The van der Waals surface area contributed by atoms with E-state index in [-0.39, 0.29) is 16.8 Å². The maximum atomic E-state index is 13.9. The zero-order valence-corrected chi connectivity index (χ0v) is 20.0. The van der Waals surface area contributed by atoms with Crippen molar-refractivity contribution in [3.63, 3.8) is 0 Å². The van der Waals surface area contributed by atoms with Crippen LogP contribution in [-0.4, -0.2) is 44.0 Å². The number of benzene rings is 2. The van der Waals surface area contributed by atoms with E-state index in [4.69, 9.17) is 9.72 Å². The van der Waals surface area contributed by atoms with Crippen LogP contribution in [-0.2, 0) is 27.6 Å². The predicted octanol–water partition coefficient (Wildman–Crippen LogP) is 4.98. The van der Waals surface area contributed by atoms with Crippen molar-refractivity contribution in [2.45, 2.75) is 43.0 Å². The largest absolute Gasteiger partial charge is 0.383 e. The maximum absolute atomic E-state index is 13.9. The molecule has 0 spiro atoms. The summed E-state index contributed by atoms with van der Waals surface area (Å²) in [5.74, 6) is -0.258. The first kappa shape index (κ1) is 22.5. The highest BCUT2D eigenvalue weighted by Gasteiger charge is 2.35. The Labute approximate surface area is 197 Å². The highest BCUT2D eigenvalue weighted by Crippen LogP contribution is 2.38. The SMILES string of the molecule is COC[C@@H]1CCCN1S(=O)(=O)c1ccc(Nc2nc3c(s2)CCCc2ccc(F)cc2-3)cc1. The maximum Gasteiger partial charge on any atom is 0.243 e. The van der Waals surface area contributed by atoms with Gasteiger partial charge in [-0.2, -0.15) is 4.31 Å². The number of anilines is 2. The number of thiazole rings is 1. The summed E-state index contributed by atoms with van der Waals surface area (Å²) in [6.07, 6.45) is 4.48. The lowest BCUT2D eigenvalue weighted by Gasteiger charge is -2.23. The smallest absolute Gasteiger partial charge is 0.243 e. The molecule has 0 bridgehead atoms. The van der Waals surface area contributed by atoms with E-state index < -0.39 is 10.0 Å². The number of sulfonamides is 1. The average Bonchev–Trinajstić information content (AvgIpc) is 3.39. The molecule has 1 N–H and O–H groups in total. The van der Waals surface area contributed by atoms with Gasteiger partial charge in [0.25, 0.3) is 0 Å². The number of hydrogen-bond donors (Lipinski definition) is 1. The lowest BCUT2D eigenvalue weighted by Crippen LogP contribution is -2.38. The number of halogens is 1. The van der Waals surface area contributed by atoms with Crippen LogP contribution < -0.4 is 5.32 Å². The topological polar surface area (TPSA) is 71.5 Å². The van der Waals surface area contributed by atoms with Gasteiger partial charge in [0.1, 0.15) is 5.82 Å². The Morgan fingerprint density at radius 2 is 2.00 bits per heavy atom. The molecule has 1 atom stereocenters. The van der Waals surface area contributed by atoms with Crippen molar-refractivity contribution in [1.82, 2.24) is 9.29 Å². The molecule has 5 rings (SSSR count). The summed E-state index contributed by atoms with van der Waals surface area (Å²) < 4.78 is 46.9. The summed E-state index contributed by atoms with van der Waals surface area (Å²) in [5.41, 5.74) is 3.58. The fourth-order valence-electron chi connectivity index (χ4n) is 4.67. The van der Waals surface area contributed by atoms with E-state index in [1.165, 1.54) is 6.07 Å². The number of aromatic nitrogens is 1. The molecule has 9 heteroatoms. The molecular formula is C24H26FN3O3S2. The second kappa shape index (κ2) is 9.13. The monoisotopic (exact) mass is 487 g/mol. The minimum atomic E-state index is -3.57. The number of rotatable bonds is 6. The fraction of sp³-hybridized carbons (Fsp3) is 0.375. The van der Waals surface area contributed by atoms with E-state index in [0.717, 1.165) is 59.5 Å². The molecule has 2 aliphatic rings. The molecule has 174 valence electrons. The van der Waals surface area contributed by atoms with Crippen LogP contribution in [0.5, 0.6) is 0 Å². The Kier molecular flexibility index (Phi) is 6.22. The molecule has 1 aliphatic carbocycles. The first-order valence-electron chi connectivity index (χ1n) is 11.1. The Morgan fingerprint density at radius 3 is 2.79 bits per heavy atom. The first-order valence-corrected chi connectivity index (χ1v) is 13.4. The van der Waals surface area contributed by atoms with Crippen LogP contribution in [0.3, 0.4) is 0 Å². The van der Waals surface area contributed by atoms with Gasteiger partial charge in [-0.05, 0) is 74.1 Å². The van der Waals surface area contributed by atoms with E-state index in [1.807, 2.05) is 6.07 Å². The standard InChI is InChI=1S/C24H26FN3O3S2/c1-31-15-19-5-3-13-28(19)33(29,30)20-11-9-18(10-12-20)26-24-27-23-21-14-17(25)8-7-16(21)4-2-6-22(23)32-24/h7-12,14,19H,2-6,13,15H2,1H3,(H,26,27)/t19-/m0/s1. The third-order valence-corrected chi connectivity index (χ3v) is 9.27. The molecule has 1 saturated heterocycles. The second-order valence-corrected chi connectivity index (χ2v) is 11.4. The summed E-state index contributed by atoms with van der Waals surface area (Å²) in [5, 5.41) is 4.00. The highest BCUT2D eigenvalue weighted by atomic mass is 32.2. The van der Waals surface area contributed by atoms with Crippen molar-refractivity contribution in [2.24, 2.45) is 0 Å². The third kappa shape index (κ3) is 4.42. The van der Waals surface area contributed by atoms with Crippen molar-refractivity contribution in [1.29, 1.82) is 0 Å². The summed E-state index contributed by atoms with van der Waals surface area (Å²) in [6, 6.07) is 11.6. The molecule has 0 saturated carbocycles. The number of methoxy groups -OCH3 is 1. The summed E-state index contributed by atoms with van der Waals surface area (Å²) in [7, 11) is -1.97. The van der Waals surface area contributed by atoms with Crippen molar-refractivity contribution in [2.75, 3.05) is 25.6 Å². The zero-order chi connectivity index (χ0) is 23.0. The van der Waals surface area contributed by atoms with Crippen LogP contribution in [0.15, 0.2) is 47.4 Å². The van der Waals surface area contributed by atoms with Gasteiger partial charge in [0.2, 0.25) is 10.0 Å². The Bertz CT molecular complexity index is 1260. The van der Waals surface area contributed by atoms with Crippen LogP contribution in [0.2, 0.25) is 0 Å². The van der Waals surface area contributed by atoms with Gasteiger partial charge in [-0.25, -0.2) is 17.8 Å². The van der Waals surface area contributed by atoms with Gasteiger partial charge in [-0.15, -0.1) is 11.3 Å². The molecule has 0 unspecified atom stereocenters.